The van der Waals surface area contributed by atoms with E-state index >= 15 is 0 Å². The number of H-pyrrole nitrogens is 1. The molecule has 0 spiro atoms. The standard InChI is InChI=1S/C13H10ClNO3/c1-18-13(17)11-6-8(7-15-11)12(16)9-4-2-3-5-10(9)14/h2-7,15H,1H3. The summed E-state index contributed by atoms with van der Waals surface area (Å²) < 4.78 is 4.55. The minimum Gasteiger partial charge on any atom is -0.464 e. The predicted octanol–water partition coefficient (Wildman–Crippen LogP) is 2.69. The minimum atomic E-state index is -0.520. The van der Waals surface area contributed by atoms with Crippen LogP contribution >= 0.6 is 11.6 Å². The number of hydrogen-bond donors (Lipinski definition) is 1. The molecule has 2 rings (SSSR count). The van der Waals surface area contributed by atoms with Gasteiger partial charge in [0, 0.05) is 17.3 Å². The highest BCUT2D eigenvalue weighted by molar-refractivity contribution is 6.35. The molecule has 0 aliphatic carbocycles. The van der Waals surface area contributed by atoms with Crippen molar-refractivity contribution < 1.29 is 14.3 Å². The molecule has 2 aromatic rings. The fourth-order valence-electron chi connectivity index (χ4n) is 1.55. The summed E-state index contributed by atoms with van der Waals surface area (Å²) in [5.74, 6) is -0.764. The molecule has 1 aromatic heterocycles. The fourth-order valence-corrected chi connectivity index (χ4v) is 1.78. The molecule has 0 aliphatic rings. The summed E-state index contributed by atoms with van der Waals surface area (Å²) in [6, 6.07) is 8.19. The quantitative estimate of drug-likeness (QED) is 0.684. The van der Waals surface area contributed by atoms with Crippen LogP contribution in [0, 0.1) is 0 Å². The second kappa shape index (κ2) is 5.06. The van der Waals surface area contributed by atoms with Gasteiger partial charge in [0.15, 0.2) is 5.78 Å². The van der Waals surface area contributed by atoms with Gasteiger partial charge in [-0.15, -0.1) is 0 Å². The van der Waals surface area contributed by atoms with Gasteiger partial charge in [0.25, 0.3) is 0 Å². The predicted molar refractivity (Wildman–Crippen MR) is 67.0 cm³/mol. The van der Waals surface area contributed by atoms with Crippen LogP contribution in [0.25, 0.3) is 0 Å². The summed E-state index contributed by atoms with van der Waals surface area (Å²) in [4.78, 5) is 26.1. The zero-order chi connectivity index (χ0) is 13.1. The number of hydrogen-bond acceptors (Lipinski definition) is 3. The van der Waals surface area contributed by atoms with Crippen molar-refractivity contribution in [1.29, 1.82) is 0 Å². The summed E-state index contributed by atoms with van der Waals surface area (Å²) in [5, 5.41) is 0.378. The summed E-state index contributed by atoms with van der Waals surface area (Å²) in [5.41, 5.74) is 0.992. The first-order chi connectivity index (χ1) is 8.63. The number of carbonyl (C=O) groups is 2. The molecule has 1 heterocycles. The van der Waals surface area contributed by atoms with Crippen LogP contribution in [0.2, 0.25) is 5.02 Å². The maximum Gasteiger partial charge on any atom is 0.354 e. The van der Waals surface area contributed by atoms with Crippen molar-refractivity contribution >= 4 is 23.4 Å². The average Bonchev–Trinajstić information content (AvgIpc) is 2.87. The Labute approximate surface area is 109 Å². The van der Waals surface area contributed by atoms with Crippen molar-refractivity contribution in [2.45, 2.75) is 0 Å². The van der Waals surface area contributed by atoms with E-state index in [1.165, 1.54) is 19.4 Å². The fraction of sp³-hybridized carbons (Fsp3) is 0.0769. The zero-order valence-electron chi connectivity index (χ0n) is 9.57. The summed E-state index contributed by atoms with van der Waals surface area (Å²) in [7, 11) is 1.28. The van der Waals surface area contributed by atoms with Crippen LogP contribution in [-0.2, 0) is 4.74 Å². The Kier molecular flexibility index (Phi) is 3.48. The number of carbonyl (C=O) groups excluding carboxylic acids is 2. The van der Waals surface area contributed by atoms with Crippen LogP contribution in [0.15, 0.2) is 36.5 Å². The monoisotopic (exact) mass is 263 g/mol. The maximum absolute atomic E-state index is 12.1. The van der Waals surface area contributed by atoms with Gasteiger partial charge in [-0.25, -0.2) is 4.79 Å². The van der Waals surface area contributed by atoms with Crippen molar-refractivity contribution in [3.05, 3.63) is 58.4 Å². The molecule has 0 saturated carbocycles. The second-order valence-electron chi connectivity index (χ2n) is 3.60. The lowest BCUT2D eigenvalue weighted by Gasteiger charge is -2.00. The molecule has 0 fully saturated rings. The Bertz CT molecular complexity index is 604. The van der Waals surface area contributed by atoms with Crippen LogP contribution in [0.3, 0.4) is 0 Å². The van der Waals surface area contributed by atoms with Gasteiger partial charge in [-0.1, -0.05) is 23.7 Å². The highest BCUT2D eigenvalue weighted by Crippen LogP contribution is 2.19. The Morgan fingerprint density at radius 2 is 2.00 bits per heavy atom. The SMILES string of the molecule is COC(=O)c1cc(C(=O)c2ccccc2Cl)c[nH]1. The molecule has 0 amide bonds. The highest BCUT2D eigenvalue weighted by atomic mass is 35.5. The van der Waals surface area contributed by atoms with E-state index in [0.29, 0.717) is 16.1 Å². The Morgan fingerprint density at radius 1 is 1.28 bits per heavy atom. The molecule has 0 saturated heterocycles. The normalized spacial score (nSPS) is 10.1. The smallest absolute Gasteiger partial charge is 0.354 e. The van der Waals surface area contributed by atoms with Gasteiger partial charge in [0.2, 0.25) is 0 Å². The molecule has 1 aromatic carbocycles. The van der Waals surface area contributed by atoms with Crippen molar-refractivity contribution in [2.75, 3.05) is 7.11 Å². The van der Waals surface area contributed by atoms with Gasteiger partial charge in [0.05, 0.1) is 12.1 Å². The van der Waals surface area contributed by atoms with Gasteiger partial charge in [-0.05, 0) is 18.2 Å². The third kappa shape index (κ3) is 2.28. The van der Waals surface area contributed by atoms with Crippen LogP contribution in [0.5, 0.6) is 0 Å². The Balaban J connectivity index is 2.33. The molecule has 4 nitrogen and oxygen atoms in total. The Hall–Kier alpha value is -2.07. The topological polar surface area (TPSA) is 59.2 Å². The first-order valence-electron chi connectivity index (χ1n) is 5.19. The average molecular weight is 264 g/mol. The molecule has 0 atom stereocenters. The van der Waals surface area contributed by atoms with E-state index in [4.69, 9.17) is 11.6 Å². The molecule has 0 unspecified atom stereocenters. The van der Waals surface area contributed by atoms with Gasteiger partial charge in [0.1, 0.15) is 5.69 Å². The molecular formula is C13H10ClNO3. The third-order valence-corrected chi connectivity index (χ3v) is 2.80. The van der Waals surface area contributed by atoms with E-state index in [1.54, 1.807) is 24.3 Å². The van der Waals surface area contributed by atoms with Gasteiger partial charge < -0.3 is 9.72 Å². The second-order valence-corrected chi connectivity index (χ2v) is 4.01. The van der Waals surface area contributed by atoms with Crippen molar-refractivity contribution in [3.8, 4) is 0 Å². The highest BCUT2D eigenvalue weighted by Gasteiger charge is 2.16. The van der Waals surface area contributed by atoms with Crippen molar-refractivity contribution in [1.82, 2.24) is 4.98 Å². The number of nitrogens with one attached hydrogen (secondary N) is 1. The van der Waals surface area contributed by atoms with Gasteiger partial charge in [-0.2, -0.15) is 0 Å². The third-order valence-electron chi connectivity index (χ3n) is 2.47. The minimum absolute atomic E-state index is 0.230. The number of rotatable bonds is 3. The largest absolute Gasteiger partial charge is 0.464 e. The molecule has 0 radical (unpaired) electrons. The van der Waals surface area contributed by atoms with E-state index in [1.807, 2.05) is 0 Å². The van der Waals surface area contributed by atoms with Crippen molar-refractivity contribution in [3.63, 3.8) is 0 Å². The van der Waals surface area contributed by atoms with E-state index in [9.17, 15) is 9.59 Å². The first kappa shape index (κ1) is 12.4. The van der Waals surface area contributed by atoms with Crippen LogP contribution in [-0.4, -0.2) is 23.8 Å². The summed E-state index contributed by atoms with van der Waals surface area (Å²) in [6.07, 6.45) is 1.46. The van der Waals surface area contributed by atoms with Crippen LogP contribution in [0.4, 0.5) is 0 Å². The number of esters is 1. The molecule has 5 heteroatoms. The summed E-state index contributed by atoms with van der Waals surface area (Å²) >= 11 is 5.94. The van der Waals surface area contributed by atoms with E-state index < -0.39 is 5.97 Å². The van der Waals surface area contributed by atoms with Crippen LogP contribution < -0.4 is 0 Å². The molecule has 18 heavy (non-hydrogen) atoms. The van der Waals surface area contributed by atoms with E-state index in [0.717, 1.165) is 0 Å². The van der Waals surface area contributed by atoms with Crippen LogP contribution in [0.1, 0.15) is 26.4 Å². The maximum atomic E-state index is 12.1. The number of halogens is 1. The first-order valence-corrected chi connectivity index (χ1v) is 5.57. The number of ether oxygens (including phenoxy) is 1. The number of benzene rings is 1. The van der Waals surface area contributed by atoms with Gasteiger partial charge in [-0.3, -0.25) is 4.79 Å². The zero-order valence-corrected chi connectivity index (χ0v) is 10.3. The number of aromatic nitrogens is 1. The molecule has 0 bridgehead atoms. The molecule has 0 aliphatic heterocycles. The summed E-state index contributed by atoms with van der Waals surface area (Å²) in [6.45, 7) is 0. The lowest BCUT2D eigenvalue weighted by Crippen LogP contribution is -2.02. The number of ketones is 1. The Morgan fingerprint density at radius 3 is 2.67 bits per heavy atom. The molecular weight excluding hydrogens is 254 g/mol. The number of methoxy groups -OCH3 is 1. The van der Waals surface area contributed by atoms with Crippen molar-refractivity contribution in [2.24, 2.45) is 0 Å². The molecule has 92 valence electrons. The van der Waals surface area contributed by atoms with E-state index in [2.05, 4.69) is 9.72 Å². The van der Waals surface area contributed by atoms with E-state index in [-0.39, 0.29) is 11.5 Å². The lowest BCUT2D eigenvalue weighted by molar-refractivity contribution is 0.0595. The number of aromatic amines is 1. The van der Waals surface area contributed by atoms with Gasteiger partial charge >= 0.3 is 5.97 Å². The molecule has 1 N–H and O–H groups in total. The lowest BCUT2D eigenvalue weighted by atomic mass is 10.1.